The molecule has 17 heavy (non-hydrogen) atoms. The molecule has 0 atom stereocenters. The first kappa shape index (κ1) is 11.5. The van der Waals surface area contributed by atoms with Crippen molar-refractivity contribution in [2.45, 2.75) is 6.73 Å². The molecule has 1 heterocycles. The second-order valence-corrected chi connectivity index (χ2v) is 3.67. The number of aromatic carboxylic acids is 1. The summed E-state index contributed by atoms with van der Waals surface area (Å²) in [5.74, 6) is -0.712. The Bertz CT molecular complexity index is 522. The molecular formula is C11H8ClN2O3-. The highest BCUT2D eigenvalue weighted by atomic mass is 35.5. The van der Waals surface area contributed by atoms with E-state index in [1.165, 1.54) is 16.9 Å². The van der Waals surface area contributed by atoms with Gasteiger partial charge in [0.1, 0.15) is 5.75 Å². The molecule has 0 saturated carbocycles. The first-order chi connectivity index (χ1) is 8.16. The summed E-state index contributed by atoms with van der Waals surface area (Å²) in [6, 6.07) is 8.08. The maximum absolute atomic E-state index is 10.7. The van der Waals surface area contributed by atoms with Gasteiger partial charge < -0.3 is 14.6 Å². The summed E-state index contributed by atoms with van der Waals surface area (Å²) in [7, 11) is 0. The van der Waals surface area contributed by atoms with Crippen molar-refractivity contribution in [2.24, 2.45) is 0 Å². The second-order valence-electron chi connectivity index (χ2n) is 3.23. The van der Waals surface area contributed by atoms with Crippen LogP contribution in [0.4, 0.5) is 0 Å². The molecule has 2 rings (SSSR count). The number of aromatic nitrogens is 2. The monoisotopic (exact) mass is 251 g/mol. The van der Waals surface area contributed by atoms with Gasteiger partial charge in [0.15, 0.2) is 6.73 Å². The van der Waals surface area contributed by atoms with E-state index in [1.54, 1.807) is 24.3 Å². The number of nitrogens with zero attached hydrogens (tertiary/aromatic N) is 2. The lowest BCUT2D eigenvalue weighted by molar-refractivity contribution is -0.256. The fourth-order valence-electron chi connectivity index (χ4n) is 1.28. The van der Waals surface area contributed by atoms with E-state index in [0.29, 0.717) is 10.8 Å². The summed E-state index contributed by atoms with van der Waals surface area (Å²) in [6.07, 6.45) is 1.37. The van der Waals surface area contributed by atoms with Crippen molar-refractivity contribution in [3.63, 3.8) is 0 Å². The van der Waals surface area contributed by atoms with Crippen LogP contribution in [0.2, 0.25) is 5.02 Å². The smallest absolute Gasteiger partial charge is 0.181 e. The Hall–Kier alpha value is -2.01. The summed E-state index contributed by atoms with van der Waals surface area (Å²) in [6.45, 7) is -0.00204. The van der Waals surface area contributed by atoms with Crippen LogP contribution in [0.3, 0.4) is 0 Å². The maximum atomic E-state index is 10.7. The van der Waals surface area contributed by atoms with Crippen molar-refractivity contribution >= 4 is 17.6 Å². The van der Waals surface area contributed by atoms with Gasteiger partial charge in [0, 0.05) is 11.2 Å². The molecule has 0 radical (unpaired) electrons. The van der Waals surface area contributed by atoms with Crippen LogP contribution in [0.1, 0.15) is 10.5 Å². The highest BCUT2D eigenvalue weighted by molar-refractivity contribution is 6.30. The average molecular weight is 252 g/mol. The maximum Gasteiger partial charge on any atom is 0.181 e. The Labute approximate surface area is 102 Å². The lowest BCUT2D eigenvalue weighted by Gasteiger charge is -2.09. The molecule has 0 amide bonds. The molecule has 0 N–H and O–H groups in total. The number of carboxylic acids is 1. The lowest BCUT2D eigenvalue weighted by atomic mass is 10.3. The molecule has 0 saturated heterocycles. The zero-order valence-electron chi connectivity index (χ0n) is 8.67. The van der Waals surface area contributed by atoms with Gasteiger partial charge in [-0.1, -0.05) is 11.6 Å². The van der Waals surface area contributed by atoms with E-state index in [9.17, 15) is 9.90 Å². The van der Waals surface area contributed by atoms with E-state index in [0.717, 1.165) is 0 Å². The van der Waals surface area contributed by atoms with Crippen LogP contribution in [0, 0.1) is 0 Å². The molecule has 0 spiro atoms. The fraction of sp³-hybridized carbons (Fsp3) is 0.0909. The Morgan fingerprint density at radius 2 is 2.06 bits per heavy atom. The molecule has 6 heteroatoms. The predicted octanol–water partition coefficient (Wildman–Crippen LogP) is 0.936. The lowest BCUT2D eigenvalue weighted by Crippen LogP contribution is -2.26. The number of halogens is 1. The topological polar surface area (TPSA) is 67.2 Å². The zero-order valence-corrected chi connectivity index (χ0v) is 9.42. The van der Waals surface area contributed by atoms with Crippen molar-refractivity contribution in [1.29, 1.82) is 0 Å². The Kier molecular flexibility index (Phi) is 3.30. The molecule has 2 aromatic rings. The van der Waals surface area contributed by atoms with Crippen molar-refractivity contribution in [1.82, 2.24) is 9.78 Å². The molecule has 88 valence electrons. The molecule has 0 aliphatic carbocycles. The summed E-state index contributed by atoms with van der Waals surface area (Å²) < 4.78 is 6.55. The Balaban J connectivity index is 2.05. The number of ether oxygens (including phenoxy) is 1. The Morgan fingerprint density at radius 1 is 1.35 bits per heavy atom. The number of carbonyl (C=O) groups is 1. The van der Waals surface area contributed by atoms with Crippen LogP contribution in [0.25, 0.3) is 0 Å². The summed E-state index contributed by atoms with van der Waals surface area (Å²) in [5, 5.41) is 15.1. The fourth-order valence-corrected chi connectivity index (χ4v) is 1.40. The van der Waals surface area contributed by atoms with Gasteiger partial charge >= 0.3 is 0 Å². The minimum atomic E-state index is -1.29. The van der Waals surface area contributed by atoms with E-state index in [2.05, 4.69) is 5.10 Å². The molecule has 0 unspecified atom stereocenters. The van der Waals surface area contributed by atoms with Gasteiger partial charge in [-0.3, -0.25) is 0 Å². The van der Waals surface area contributed by atoms with Crippen LogP contribution >= 0.6 is 11.6 Å². The Morgan fingerprint density at radius 3 is 2.71 bits per heavy atom. The number of hydrogen-bond donors (Lipinski definition) is 0. The SMILES string of the molecule is O=C([O-])c1ccnn1COc1ccc(Cl)cc1. The quantitative estimate of drug-likeness (QED) is 0.811. The van der Waals surface area contributed by atoms with Gasteiger partial charge in [-0.15, -0.1) is 0 Å². The molecule has 5 nitrogen and oxygen atoms in total. The normalized spacial score (nSPS) is 10.2. The number of carbonyl (C=O) groups excluding carboxylic acids is 1. The number of hydrogen-bond acceptors (Lipinski definition) is 4. The predicted molar refractivity (Wildman–Crippen MR) is 58.6 cm³/mol. The zero-order chi connectivity index (χ0) is 12.3. The van der Waals surface area contributed by atoms with Crippen molar-refractivity contribution in [3.05, 3.63) is 47.2 Å². The largest absolute Gasteiger partial charge is 0.543 e. The number of carboxylic acid groups (broad SMARTS) is 1. The van der Waals surface area contributed by atoms with Gasteiger partial charge in [-0.2, -0.15) is 5.10 Å². The average Bonchev–Trinajstić information content (AvgIpc) is 2.76. The summed E-state index contributed by atoms with van der Waals surface area (Å²) >= 11 is 5.72. The van der Waals surface area contributed by atoms with Gasteiger partial charge in [0.05, 0.1) is 11.7 Å². The van der Waals surface area contributed by atoms with E-state index < -0.39 is 5.97 Å². The first-order valence-corrected chi connectivity index (χ1v) is 5.16. The molecule has 0 aliphatic rings. The third kappa shape index (κ3) is 2.76. The second kappa shape index (κ2) is 4.88. The van der Waals surface area contributed by atoms with Crippen LogP contribution in [-0.2, 0) is 6.73 Å². The molecule has 1 aromatic carbocycles. The van der Waals surface area contributed by atoms with Crippen LogP contribution in [0.15, 0.2) is 36.5 Å². The molecular weight excluding hydrogens is 244 g/mol. The van der Waals surface area contributed by atoms with E-state index in [1.807, 2.05) is 0 Å². The van der Waals surface area contributed by atoms with Crippen molar-refractivity contribution in [2.75, 3.05) is 0 Å². The minimum Gasteiger partial charge on any atom is -0.543 e. The number of rotatable bonds is 4. The molecule has 1 aromatic heterocycles. The van der Waals surface area contributed by atoms with Gasteiger partial charge in [-0.05, 0) is 30.3 Å². The van der Waals surface area contributed by atoms with Gasteiger partial charge in [0.2, 0.25) is 0 Å². The van der Waals surface area contributed by atoms with Crippen LogP contribution in [0.5, 0.6) is 5.75 Å². The first-order valence-electron chi connectivity index (χ1n) is 4.78. The van der Waals surface area contributed by atoms with Gasteiger partial charge in [-0.25, -0.2) is 4.68 Å². The highest BCUT2D eigenvalue weighted by Gasteiger charge is 2.03. The molecule has 0 aliphatic heterocycles. The van der Waals surface area contributed by atoms with E-state index in [-0.39, 0.29) is 12.4 Å². The molecule has 0 fully saturated rings. The summed E-state index contributed by atoms with van der Waals surface area (Å²) in [5.41, 5.74) is -0.0287. The highest BCUT2D eigenvalue weighted by Crippen LogP contribution is 2.15. The van der Waals surface area contributed by atoms with Gasteiger partial charge in [0.25, 0.3) is 0 Å². The van der Waals surface area contributed by atoms with Crippen LogP contribution < -0.4 is 9.84 Å². The minimum absolute atomic E-state index is 0.00204. The van der Waals surface area contributed by atoms with Crippen LogP contribution in [-0.4, -0.2) is 15.7 Å². The summed E-state index contributed by atoms with van der Waals surface area (Å²) in [4.78, 5) is 10.7. The van der Waals surface area contributed by atoms with E-state index in [4.69, 9.17) is 16.3 Å². The number of benzene rings is 1. The van der Waals surface area contributed by atoms with Crippen molar-refractivity contribution in [3.8, 4) is 5.75 Å². The third-order valence-corrected chi connectivity index (χ3v) is 2.34. The third-order valence-electron chi connectivity index (χ3n) is 2.09. The standard InChI is InChI=1S/C11H9ClN2O3/c12-8-1-3-9(4-2-8)17-7-14-10(11(15)16)5-6-13-14/h1-6H,7H2,(H,15,16)/p-1. The van der Waals surface area contributed by atoms with Crippen molar-refractivity contribution < 1.29 is 14.6 Å². The molecule has 0 bridgehead atoms. The van der Waals surface area contributed by atoms with E-state index >= 15 is 0 Å².